The van der Waals surface area contributed by atoms with Gasteiger partial charge in [-0.2, -0.15) is 0 Å². The number of halogens is 1. The Hall–Kier alpha value is 0.320. The molecule has 0 radical (unpaired) electrons. The van der Waals surface area contributed by atoms with Crippen LogP contribution in [0, 0.1) is 0 Å². The summed E-state index contributed by atoms with van der Waals surface area (Å²) in [6.45, 7) is 9.37. The van der Waals surface area contributed by atoms with E-state index in [1.54, 1.807) is 0 Å². The van der Waals surface area contributed by atoms with Crippen LogP contribution in [0.15, 0.2) is 0 Å². The molecule has 0 saturated carbocycles. The second-order valence-corrected chi connectivity index (χ2v) is 6.73. The highest BCUT2D eigenvalue weighted by Crippen LogP contribution is 2.31. The lowest BCUT2D eigenvalue weighted by atomic mass is 10.1. The normalized spacial score (nSPS) is 28.4. The van der Waals surface area contributed by atoms with Crippen molar-refractivity contribution in [3.63, 3.8) is 0 Å². The van der Waals surface area contributed by atoms with Gasteiger partial charge in [0.2, 0.25) is 0 Å². The minimum Gasteiger partial charge on any atom is -0.379 e. The van der Waals surface area contributed by atoms with Crippen LogP contribution in [0.1, 0.15) is 59.3 Å². The summed E-state index contributed by atoms with van der Waals surface area (Å²) < 4.78 is 23.8. The molecule has 4 nitrogen and oxygen atoms in total. The summed E-state index contributed by atoms with van der Waals surface area (Å²) in [5.41, 5.74) is 0. The Balaban J connectivity index is 2.48. The van der Waals surface area contributed by atoms with Crippen molar-refractivity contribution in [2.45, 2.75) is 82.6 Å². The lowest BCUT2D eigenvalue weighted by Crippen LogP contribution is -2.38. The van der Waals surface area contributed by atoms with Crippen LogP contribution >= 0.6 is 15.9 Å². The molecule has 0 aromatic carbocycles. The third-order valence-electron chi connectivity index (χ3n) is 3.79. The zero-order valence-electron chi connectivity index (χ0n) is 14.4. The summed E-state index contributed by atoms with van der Waals surface area (Å²) in [4.78, 5) is 0. The molecule has 0 bridgehead atoms. The summed E-state index contributed by atoms with van der Waals surface area (Å²) in [5, 5.41) is -0.115. The summed E-state index contributed by atoms with van der Waals surface area (Å²) in [5.74, 6) is 0. The van der Waals surface area contributed by atoms with Gasteiger partial charge in [-0.15, -0.1) is 0 Å². The van der Waals surface area contributed by atoms with Crippen LogP contribution in [0.2, 0.25) is 0 Å². The quantitative estimate of drug-likeness (QED) is 0.352. The summed E-state index contributed by atoms with van der Waals surface area (Å²) in [6.07, 6.45) is 6.47. The maximum absolute atomic E-state index is 6.07. The van der Waals surface area contributed by atoms with Crippen molar-refractivity contribution in [3.05, 3.63) is 0 Å². The standard InChI is InChI=1S/C17H33BrO4/c1-4-7-10-19-13-14-15(20-11-8-5-2)16(17(18)22-14)21-12-9-6-3/h14-17H,4-13H2,1-3H3/t14-,15-,16+,17?/m1/s1. The van der Waals surface area contributed by atoms with E-state index >= 15 is 0 Å². The van der Waals surface area contributed by atoms with E-state index in [0.717, 1.165) is 58.3 Å². The molecule has 0 amide bonds. The molecular weight excluding hydrogens is 348 g/mol. The molecule has 1 heterocycles. The number of alkyl halides is 1. The van der Waals surface area contributed by atoms with Crippen molar-refractivity contribution in [1.82, 2.24) is 0 Å². The summed E-state index contributed by atoms with van der Waals surface area (Å²) in [7, 11) is 0. The van der Waals surface area contributed by atoms with E-state index in [4.69, 9.17) is 18.9 Å². The van der Waals surface area contributed by atoms with E-state index in [1.807, 2.05) is 0 Å². The summed E-state index contributed by atoms with van der Waals surface area (Å²) >= 11 is 3.59. The first-order chi connectivity index (χ1) is 10.7. The molecular formula is C17H33BrO4. The van der Waals surface area contributed by atoms with E-state index < -0.39 is 0 Å². The molecule has 22 heavy (non-hydrogen) atoms. The van der Waals surface area contributed by atoms with Gasteiger partial charge in [-0.3, -0.25) is 0 Å². The number of hydrogen-bond donors (Lipinski definition) is 0. The third kappa shape index (κ3) is 7.26. The third-order valence-corrected chi connectivity index (χ3v) is 4.53. The molecule has 1 rings (SSSR count). The Morgan fingerprint density at radius 1 is 0.818 bits per heavy atom. The van der Waals surface area contributed by atoms with Crippen LogP contribution in [0.4, 0.5) is 0 Å². The molecule has 0 aromatic heterocycles. The van der Waals surface area contributed by atoms with Crippen molar-refractivity contribution in [2.24, 2.45) is 0 Å². The number of rotatable bonds is 13. The molecule has 5 heteroatoms. The van der Waals surface area contributed by atoms with E-state index in [1.165, 1.54) is 0 Å². The second kappa shape index (κ2) is 12.7. The van der Waals surface area contributed by atoms with E-state index in [9.17, 15) is 0 Å². The predicted octanol–water partition coefficient (Wildman–Crippen LogP) is 4.29. The fourth-order valence-corrected chi connectivity index (χ4v) is 3.09. The minimum atomic E-state index is -0.115. The SMILES string of the molecule is CCCCOC[C@H]1OC(Br)[C@@H](OCCCC)[C@@H]1OCCCC. The van der Waals surface area contributed by atoms with Gasteiger partial charge in [0, 0.05) is 19.8 Å². The molecule has 1 aliphatic rings. The molecule has 1 aliphatic heterocycles. The minimum absolute atomic E-state index is 0.0468. The molecule has 132 valence electrons. The van der Waals surface area contributed by atoms with Gasteiger partial charge in [0.15, 0.2) is 0 Å². The molecule has 0 aliphatic carbocycles. The van der Waals surface area contributed by atoms with Gasteiger partial charge in [-0.25, -0.2) is 0 Å². The second-order valence-electron chi connectivity index (χ2n) is 5.83. The zero-order chi connectivity index (χ0) is 16.2. The van der Waals surface area contributed by atoms with Crippen molar-refractivity contribution >= 4 is 15.9 Å². The molecule has 4 atom stereocenters. The maximum atomic E-state index is 6.07. The average Bonchev–Trinajstić information content (AvgIpc) is 2.80. The van der Waals surface area contributed by atoms with E-state index in [-0.39, 0.29) is 23.3 Å². The first-order valence-corrected chi connectivity index (χ1v) is 9.76. The lowest BCUT2D eigenvalue weighted by Gasteiger charge is -2.24. The van der Waals surface area contributed by atoms with E-state index in [0.29, 0.717) is 6.61 Å². The number of ether oxygens (including phenoxy) is 4. The Morgan fingerprint density at radius 2 is 1.36 bits per heavy atom. The smallest absolute Gasteiger partial charge is 0.141 e. The van der Waals surface area contributed by atoms with Crippen LogP contribution in [0.5, 0.6) is 0 Å². The highest BCUT2D eigenvalue weighted by Gasteiger charge is 2.45. The fraction of sp³-hybridized carbons (Fsp3) is 1.00. The Kier molecular flexibility index (Phi) is 11.8. The van der Waals surface area contributed by atoms with Gasteiger partial charge in [-0.05, 0) is 19.3 Å². The Bertz CT molecular complexity index is 265. The first kappa shape index (κ1) is 20.4. The number of unbranched alkanes of at least 4 members (excludes halogenated alkanes) is 3. The van der Waals surface area contributed by atoms with Crippen molar-refractivity contribution in [3.8, 4) is 0 Å². The topological polar surface area (TPSA) is 36.9 Å². The van der Waals surface area contributed by atoms with Crippen molar-refractivity contribution in [2.75, 3.05) is 26.4 Å². The molecule has 1 unspecified atom stereocenters. The molecule has 1 fully saturated rings. The molecule has 0 spiro atoms. The predicted molar refractivity (Wildman–Crippen MR) is 92.6 cm³/mol. The summed E-state index contributed by atoms with van der Waals surface area (Å²) in [6, 6.07) is 0. The fourth-order valence-electron chi connectivity index (χ4n) is 2.36. The van der Waals surface area contributed by atoms with Crippen LogP contribution in [0.25, 0.3) is 0 Å². The highest BCUT2D eigenvalue weighted by atomic mass is 79.9. The zero-order valence-corrected chi connectivity index (χ0v) is 16.0. The monoisotopic (exact) mass is 380 g/mol. The van der Waals surface area contributed by atoms with E-state index in [2.05, 4.69) is 36.7 Å². The van der Waals surface area contributed by atoms with Gasteiger partial charge < -0.3 is 18.9 Å². The average molecular weight is 381 g/mol. The lowest BCUT2D eigenvalue weighted by molar-refractivity contribution is -0.0795. The first-order valence-electron chi connectivity index (χ1n) is 8.85. The number of hydrogen-bond acceptors (Lipinski definition) is 4. The Labute approximate surface area is 144 Å². The van der Waals surface area contributed by atoms with Gasteiger partial charge in [0.05, 0.1) is 6.61 Å². The highest BCUT2D eigenvalue weighted by molar-refractivity contribution is 9.09. The maximum Gasteiger partial charge on any atom is 0.141 e. The molecule has 0 N–H and O–H groups in total. The van der Waals surface area contributed by atoms with Crippen LogP contribution < -0.4 is 0 Å². The van der Waals surface area contributed by atoms with Gasteiger partial charge >= 0.3 is 0 Å². The van der Waals surface area contributed by atoms with Crippen molar-refractivity contribution in [1.29, 1.82) is 0 Å². The van der Waals surface area contributed by atoms with Crippen LogP contribution in [-0.4, -0.2) is 49.8 Å². The Morgan fingerprint density at radius 3 is 1.95 bits per heavy atom. The largest absolute Gasteiger partial charge is 0.379 e. The molecule has 0 aromatic rings. The van der Waals surface area contributed by atoms with Gasteiger partial charge in [0.25, 0.3) is 0 Å². The van der Waals surface area contributed by atoms with Crippen molar-refractivity contribution < 1.29 is 18.9 Å². The molecule has 1 saturated heterocycles. The van der Waals surface area contributed by atoms with Gasteiger partial charge in [0.1, 0.15) is 23.3 Å². The van der Waals surface area contributed by atoms with Gasteiger partial charge in [-0.1, -0.05) is 56.0 Å². The van der Waals surface area contributed by atoms with Crippen LogP contribution in [0.3, 0.4) is 0 Å². The van der Waals surface area contributed by atoms with Crippen LogP contribution in [-0.2, 0) is 18.9 Å².